The zero-order valence-corrected chi connectivity index (χ0v) is 32.1. The van der Waals surface area contributed by atoms with Crippen molar-refractivity contribution in [2.24, 2.45) is 25.6 Å². The molecule has 1 atom stereocenters. The Labute approximate surface area is 330 Å². The molecule has 0 bridgehead atoms. The van der Waals surface area contributed by atoms with Crippen molar-refractivity contribution in [3.05, 3.63) is 109 Å². The molecule has 0 fully saturated rings. The fourth-order valence-corrected chi connectivity index (χ4v) is 5.46. The number of nitrogens with two attached hydrogens (primary N) is 1. The number of phenols is 2. The zero-order chi connectivity index (χ0) is 36.2. The summed E-state index contributed by atoms with van der Waals surface area (Å²) in [6.07, 6.45) is 0. The summed E-state index contributed by atoms with van der Waals surface area (Å²) < 4.78 is 53.5. The molecule has 0 saturated carbocycles. The fraction of sp³-hybridized carbons (Fsp3) is 0.0312. The van der Waals surface area contributed by atoms with E-state index in [1.54, 1.807) is 55.5 Å². The summed E-state index contributed by atoms with van der Waals surface area (Å²) in [5.74, 6) is -1.44. The maximum absolute atomic E-state index is 12.5. The number of aromatic nitrogens is 2. The SMILES string of the molecule is Cc1nn(-c2ccccc2)c([O-])c1N=Nc1cc(S(=N)(=O)[O-])ccc1[O-].NS(=O)(=O)c1ccc(O)c(N=Nc2c(O)ccc3ccccc23)c1.[Cr+3].[Na+]. The van der Waals surface area contributed by atoms with Gasteiger partial charge in [0.25, 0.3) is 0 Å². The average molecular weight is 789 g/mol. The normalized spacial score (nSPS) is 12.4. The Balaban J connectivity index is 0.000000271. The minimum absolute atomic E-state index is 0. The van der Waals surface area contributed by atoms with Crippen molar-refractivity contribution in [3.8, 4) is 28.8 Å². The Kier molecular flexibility index (Phi) is 13.8. The van der Waals surface area contributed by atoms with E-state index in [2.05, 4.69) is 25.6 Å². The molecule has 6 aromatic rings. The van der Waals surface area contributed by atoms with E-state index in [-0.39, 0.29) is 91.0 Å². The molecule has 5 N–H and O–H groups in total. The van der Waals surface area contributed by atoms with E-state index >= 15 is 0 Å². The molecule has 5 aromatic carbocycles. The van der Waals surface area contributed by atoms with E-state index < -0.39 is 31.7 Å². The van der Waals surface area contributed by atoms with Crippen LogP contribution in [0, 0.1) is 11.7 Å². The number of benzene rings is 5. The van der Waals surface area contributed by atoms with Gasteiger partial charge < -0.3 is 25.0 Å². The molecule has 259 valence electrons. The molecule has 16 nitrogen and oxygen atoms in total. The Hall–Kier alpha value is -4.68. The second-order valence-corrected chi connectivity index (χ2v) is 13.4. The average Bonchev–Trinajstić information content (AvgIpc) is 3.36. The van der Waals surface area contributed by atoms with Crippen LogP contribution in [0.25, 0.3) is 16.5 Å². The van der Waals surface area contributed by atoms with Crippen molar-refractivity contribution in [1.29, 1.82) is 4.78 Å². The van der Waals surface area contributed by atoms with Gasteiger partial charge in [0.15, 0.2) is 0 Å². The molecule has 0 aliphatic rings. The molecule has 0 aliphatic carbocycles. The number of phenolic OH excluding ortho intramolecular Hbond substituents is 2. The van der Waals surface area contributed by atoms with Gasteiger partial charge in [-0.2, -0.15) is 10.2 Å². The van der Waals surface area contributed by atoms with E-state index in [4.69, 9.17) is 9.92 Å². The zero-order valence-electron chi connectivity index (χ0n) is 27.1. The van der Waals surface area contributed by atoms with Crippen molar-refractivity contribution < 1.29 is 84.5 Å². The Morgan fingerprint density at radius 1 is 0.750 bits per heavy atom. The molecule has 1 radical (unpaired) electrons. The van der Waals surface area contributed by atoms with Crippen molar-refractivity contribution in [2.45, 2.75) is 16.7 Å². The van der Waals surface area contributed by atoms with Crippen LogP contribution < -0.4 is 44.9 Å². The molecular weight excluding hydrogens is 764 g/mol. The Bertz CT molecular complexity index is 2520. The molecule has 0 amide bonds. The molecular formula is C32H25CrN8NaO8S2+. The van der Waals surface area contributed by atoms with Crippen LogP contribution in [0.2, 0.25) is 0 Å². The number of sulfonamides is 1. The minimum Gasteiger partial charge on any atom is -0.871 e. The Morgan fingerprint density at radius 2 is 1.33 bits per heavy atom. The number of aromatic hydroxyl groups is 2. The van der Waals surface area contributed by atoms with Gasteiger partial charge in [-0.15, -0.1) is 15.3 Å². The van der Waals surface area contributed by atoms with Gasteiger partial charge in [0.05, 0.1) is 22.0 Å². The number of nitrogens with zero attached hydrogens (tertiary/aromatic N) is 6. The summed E-state index contributed by atoms with van der Waals surface area (Å²) in [6, 6.07) is 25.6. The molecule has 52 heavy (non-hydrogen) atoms. The van der Waals surface area contributed by atoms with Gasteiger partial charge in [-0.1, -0.05) is 60.3 Å². The first-order chi connectivity index (χ1) is 23.6. The van der Waals surface area contributed by atoms with Crippen LogP contribution in [-0.2, 0) is 37.4 Å². The van der Waals surface area contributed by atoms with Crippen molar-refractivity contribution >= 4 is 53.6 Å². The third-order valence-electron chi connectivity index (χ3n) is 6.90. The molecule has 20 heteroatoms. The first kappa shape index (κ1) is 41.7. The first-order valence-corrected chi connectivity index (χ1v) is 17.2. The Morgan fingerprint density at radius 3 is 2.00 bits per heavy atom. The van der Waals surface area contributed by atoms with Gasteiger partial charge in [-0.3, -0.25) is 8.99 Å². The third-order valence-corrected chi connectivity index (χ3v) is 8.68. The van der Waals surface area contributed by atoms with E-state index in [1.165, 1.54) is 12.1 Å². The minimum atomic E-state index is -4.24. The largest absolute Gasteiger partial charge is 3.00 e. The smallest absolute Gasteiger partial charge is 0.871 e. The summed E-state index contributed by atoms with van der Waals surface area (Å²) >= 11 is 0. The maximum atomic E-state index is 12.5. The van der Waals surface area contributed by atoms with Gasteiger partial charge in [0, 0.05) is 26.2 Å². The summed E-state index contributed by atoms with van der Waals surface area (Å²) in [4.78, 5) is -0.582. The predicted molar refractivity (Wildman–Crippen MR) is 177 cm³/mol. The van der Waals surface area contributed by atoms with Crippen LogP contribution in [-0.4, -0.2) is 37.2 Å². The van der Waals surface area contributed by atoms with Crippen LogP contribution in [0.1, 0.15) is 5.69 Å². The monoisotopic (exact) mass is 788 g/mol. The third kappa shape index (κ3) is 9.80. The van der Waals surface area contributed by atoms with Crippen LogP contribution in [0.15, 0.2) is 133 Å². The number of rotatable bonds is 7. The number of nitrogens with one attached hydrogen (secondary N) is 1. The molecule has 0 saturated heterocycles. The number of hydrogen-bond acceptors (Lipinski definition) is 14. The number of azo groups is 2. The van der Waals surface area contributed by atoms with Crippen LogP contribution in [0.3, 0.4) is 0 Å². The summed E-state index contributed by atoms with van der Waals surface area (Å²) in [5, 5.41) is 70.1. The first-order valence-electron chi connectivity index (χ1n) is 14.2. The summed E-state index contributed by atoms with van der Waals surface area (Å²) in [5.41, 5.74) is 0.646. The van der Waals surface area contributed by atoms with Gasteiger partial charge in [-0.25, -0.2) is 18.2 Å². The fourth-order valence-electron chi connectivity index (χ4n) is 4.42. The number of hydrogen-bond donors (Lipinski definition) is 4. The molecule has 1 aromatic heterocycles. The number of fused-ring (bicyclic) bond motifs is 1. The van der Waals surface area contributed by atoms with Crippen LogP contribution >= 0.6 is 0 Å². The van der Waals surface area contributed by atoms with E-state index in [0.717, 1.165) is 40.4 Å². The van der Waals surface area contributed by atoms with Gasteiger partial charge in [0.1, 0.15) is 28.6 Å². The van der Waals surface area contributed by atoms with Gasteiger partial charge in [0.2, 0.25) is 10.0 Å². The van der Waals surface area contributed by atoms with E-state index in [0.29, 0.717) is 16.8 Å². The van der Waals surface area contributed by atoms with Gasteiger partial charge in [-0.05, 0) is 60.8 Å². The quantitative estimate of drug-likeness (QED) is 0.136. The van der Waals surface area contributed by atoms with Crippen molar-refractivity contribution in [2.75, 3.05) is 0 Å². The number of para-hydroxylation sites is 1. The molecule has 0 aliphatic heterocycles. The van der Waals surface area contributed by atoms with E-state index in [1.807, 2.05) is 12.1 Å². The van der Waals surface area contributed by atoms with E-state index in [9.17, 15) is 37.6 Å². The second kappa shape index (κ2) is 17.2. The van der Waals surface area contributed by atoms with Gasteiger partial charge >= 0.3 is 46.9 Å². The molecule has 6 rings (SSSR count). The van der Waals surface area contributed by atoms with Crippen LogP contribution in [0.4, 0.5) is 22.7 Å². The number of aryl methyl sites for hydroxylation is 1. The second-order valence-electron chi connectivity index (χ2n) is 10.4. The topological polar surface area (TPSA) is 278 Å². The number of primary sulfonamides is 1. The molecule has 1 heterocycles. The summed E-state index contributed by atoms with van der Waals surface area (Å²) in [7, 11) is -8.17. The standard InChI is InChI=1S/C16H15N5O4S.C16H13N3O4S.Cr.Na/c1-10-15(16(23)21(20-10)11-5-3-2-4-6-11)19-18-13-9-12(26(17,24)25)7-8-14(13)22;17-24(22,23)11-6-8-14(20)13(9-11)18-19-16-12-4-2-1-3-10(12)5-7-15(16)21;;/h2-9,22-23H,1H3,(H2,17,24,25);1-9,20-21H,(H2,17,22,23);;/q;;+3;+1/p-3. The summed E-state index contributed by atoms with van der Waals surface area (Å²) in [6.45, 7) is 1.57. The van der Waals surface area contributed by atoms with Crippen molar-refractivity contribution in [1.82, 2.24) is 9.78 Å². The molecule has 0 spiro atoms. The maximum Gasteiger partial charge on any atom is 3.00 e. The molecule has 1 unspecified atom stereocenters. The van der Waals surface area contributed by atoms with Crippen LogP contribution in [0.5, 0.6) is 23.1 Å². The van der Waals surface area contributed by atoms with Crippen molar-refractivity contribution in [3.63, 3.8) is 0 Å². The predicted octanol–water partition coefficient (Wildman–Crippen LogP) is 2.59.